The summed E-state index contributed by atoms with van der Waals surface area (Å²) in [6.07, 6.45) is 1.58. The Hall–Kier alpha value is -1.39. The fourth-order valence-corrected chi connectivity index (χ4v) is 1.83. The molecule has 4 nitrogen and oxygen atoms in total. The molecule has 106 valence electrons. The van der Waals surface area contributed by atoms with E-state index < -0.39 is 0 Å². The summed E-state index contributed by atoms with van der Waals surface area (Å²) >= 11 is 0. The van der Waals surface area contributed by atoms with Crippen molar-refractivity contribution in [2.75, 3.05) is 13.7 Å². The van der Waals surface area contributed by atoms with E-state index in [1.807, 2.05) is 31.2 Å². The number of aliphatic hydroxyl groups excluding tert-OH is 1. The van der Waals surface area contributed by atoms with E-state index in [4.69, 9.17) is 0 Å². The molecular weight excluding hydrogens is 242 g/mol. The van der Waals surface area contributed by atoms with Crippen LogP contribution >= 0.6 is 0 Å². The highest BCUT2D eigenvalue weighted by molar-refractivity contribution is 5.72. The number of carbonyl (C=O) groups excluding carboxylic acids is 1. The minimum atomic E-state index is -0.238. The van der Waals surface area contributed by atoms with Crippen molar-refractivity contribution in [1.29, 1.82) is 0 Å². The number of methoxy groups -OCH3 is 1. The molecule has 0 aromatic heterocycles. The quantitative estimate of drug-likeness (QED) is 0.554. The third-order valence-electron chi connectivity index (χ3n) is 3.12. The number of carbonyl (C=O) groups is 1. The van der Waals surface area contributed by atoms with Crippen LogP contribution in [0.1, 0.15) is 30.9 Å². The van der Waals surface area contributed by atoms with E-state index in [0.717, 1.165) is 30.5 Å². The SMILES string of the molecule is CCC(O)CCNCc1ccccc1CC(=O)OC. The van der Waals surface area contributed by atoms with E-state index in [9.17, 15) is 9.90 Å². The summed E-state index contributed by atoms with van der Waals surface area (Å²) in [6, 6.07) is 7.82. The van der Waals surface area contributed by atoms with Crippen LogP contribution in [0.25, 0.3) is 0 Å². The van der Waals surface area contributed by atoms with Crippen molar-refractivity contribution in [3.63, 3.8) is 0 Å². The molecule has 4 heteroatoms. The van der Waals surface area contributed by atoms with Gasteiger partial charge in [-0.05, 0) is 30.5 Å². The monoisotopic (exact) mass is 265 g/mol. The lowest BCUT2D eigenvalue weighted by Crippen LogP contribution is -2.20. The predicted molar refractivity (Wildman–Crippen MR) is 74.8 cm³/mol. The zero-order chi connectivity index (χ0) is 14.1. The van der Waals surface area contributed by atoms with E-state index >= 15 is 0 Å². The number of nitrogens with one attached hydrogen (secondary N) is 1. The van der Waals surface area contributed by atoms with Crippen LogP contribution in [0.3, 0.4) is 0 Å². The first kappa shape index (κ1) is 15.7. The van der Waals surface area contributed by atoms with E-state index in [-0.39, 0.29) is 12.1 Å². The molecule has 0 saturated carbocycles. The van der Waals surface area contributed by atoms with Crippen LogP contribution in [-0.2, 0) is 22.5 Å². The minimum Gasteiger partial charge on any atom is -0.469 e. The topological polar surface area (TPSA) is 58.6 Å². The largest absolute Gasteiger partial charge is 0.469 e. The highest BCUT2D eigenvalue weighted by atomic mass is 16.5. The summed E-state index contributed by atoms with van der Waals surface area (Å²) in [5.41, 5.74) is 2.08. The van der Waals surface area contributed by atoms with Crippen LogP contribution in [0.15, 0.2) is 24.3 Å². The van der Waals surface area contributed by atoms with Crippen LogP contribution in [0, 0.1) is 0 Å². The molecule has 19 heavy (non-hydrogen) atoms. The van der Waals surface area contributed by atoms with Crippen LogP contribution < -0.4 is 5.32 Å². The first-order valence-electron chi connectivity index (χ1n) is 6.69. The molecule has 2 N–H and O–H groups in total. The number of aliphatic hydroxyl groups is 1. The number of esters is 1. The molecular formula is C15H23NO3. The smallest absolute Gasteiger partial charge is 0.309 e. The second-order valence-corrected chi connectivity index (χ2v) is 4.55. The maximum Gasteiger partial charge on any atom is 0.309 e. The molecule has 1 rings (SSSR count). The molecule has 1 atom stereocenters. The lowest BCUT2D eigenvalue weighted by Gasteiger charge is -2.11. The number of rotatable bonds is 8. The molecule has 0 radical (unpaired) electrons. The maximum atomic E-state index is 11.3. The minimum absolute atomic E-state index is 0.228. The van der Waals surface area contributed by atoms with Gasteiger partial charge in [0.1, 0.15) is 0 Å². The van der Waals surface area contributed by atoms with Crippen molar-refractivity contribution in [1.82, 2.24) is 5.32 Å². The van der Waals surface area contributed by atoms with Crippen LogP contribution in [0.2, 0.25) is 0 Å². The summed E-state index contributed by atoms with van der Waals surface area (Å²) in [4.78, 5) is 11.3. The molecule has 0 heterocycles. The predicted octanol–water partition coefficient (Wildman–Crippen LogP) is 1.65. The van der Waals surface area contributed by atoms with Gasteiger partial charge in [0.15, 0.2) is 0 Å². The van der Waals surface area contributed by atoms with Gasteiger partial charge in [-0.1, -0.05) is 31.2 Å². The van der Waals surface area contributed by atoms with E-state index in [1.165, 1.54) is 7.11 Å². The summed E-state index contributed by atoms with van der Waals surface area (Å²) in [6.45, 7) is 3.43. The zero-order valence-corrected chi connectivity index (χ0v) is 11.7. The van der Waals surface area contributed by atoms with Crippen LogP contribution in [-0.4, -0.2) is 30.8 Å². The van der Waals surface area contributed by atoms with Gasteiger partial charge in [-0.25, -0.2) is 0 Å². The van der Waals surface area contributed by atoms with Gasteiger partial charge < -0.3 is 15.2 Å². The molecule has 0 saturated heterocycles. The molecule has 0 aliphatic rings. The standard InChI is InChI=1S/C15H23NO3/c1-3-14(17)8-9-16-11-13-7-5-4-6-12(13)10-15(18)19-2/h4-7,14,16-17H,3,8-11H2,1-2H3. The van der Waals surface area contributed by atoms with Crippen molar-refractivity contribution in [2.24, 2.45) is 0 Å². The number of hydrogen-bond acceptors (Lipinski definition) is 4. The number of hydrogen-bond donors (Lipinski definition) is 2. The molecule has 1 aromatic carbocycles. The van der Waals surface area contributed by atoms with Gasteiger partial charge in [0.25, 0.3) is 0 Å². The summed E-state index contributed by atoms with van der Waals surface area (Å²) in [5.74, 6) is -0.228. The molecule has 0 aliphatic carbocycles. The molecule has 0 bridgehead atoms. The zero-order valence-electron chi connectivity index (χ0n) is 11.7. The Labute approximate surface area is 114 Å². The second-order valence-electron chi connectivity index (χ2n) is 4.55. The Bertz CT molecular complexity index is 393. The molecule has 0 aliphatic heterocycles. The average Bonchev–Trinajstić information content (AvgIpc) is 2.44. The van der Waals surface area contributed by atoms with Crippen molar-refractivity contribution in [3.05, 3.63) is 35.4 Å². The van der Waals surface area contributed by atoms with Gasteiger partial charge in [0.05, 0.1) is 19.6 Å². The van der Waals surface area contributed by atoms with Crippen molar-refractivity contribution in [3.8, 4) is 0 Å². The summed E-state index contributed by atoms with van der Waals surface area (Å²) in [5, 5.41) is 12.7. The summed E-state index contributed by atoms with van der Waals surface area (Å²) in [7, 11) is 1.40. The second kappa shape index (κ2) is 8.67. The Morgan fingerprint density at radius 3 is 2.68 bits per heavy atom. The van der Waals surface area contributed by atoms with Crippen molar-refractivity contribution < 1.29 is 14.6 Å². The van der Waals surface area contributed by atoms with Gasteiger partial charge in [0.2, 0.25) is 0 Å². The van der Waals surface area contributed by atoms with Crippen molar-refractivity contribution in [2.45, 2.75) is 38.8 Å². The van der Waals surface area contributed by atoms with Gasteiger partial charge in [0, 0.05) is 6.54 Å². The van der Waals surface area contributed by atoms with E-state index in [0.29, 0.717) is 13.0 Å². The van der Waals surface area contributed by atoms with Gasteiger partial charge in [-0.15, -0.1) is 0 Å². The Balaban J connectivity index is 2.46. The third-order valence-corrected chi connectivity index (χ3v) is 3.12. The van der Waals surface area contributed by atoms with Crippen molar-refractivity contribution >= 4 is 5.97 Å². The molecule has 0 fully saturated rings. The Kier molecular flexibility index (Phi) is 7.15. The maximum absolute atomic E-state index is 11.3. The van der Waals surface area contributed by atoms with Crippen LogP contribution in [0.5, 0.6) is 0 Å². The normalized spacial score (nSPS) is 12.2. The first-order chi connectivity index (χ1) is 9.17. The Morgan fingerprint density at radius 1 is 1.37 bits per heavy atom. The highest BCUT2D eigenvalue weighted by Crippen LogP contribution is 2.10. The molecule has 0 amide bonds. The van der Waals surface area contributed by atoms with Gasteiger partial charge >= 0.3 is 5.97 Å². The molecule has 0 spiro atoms. The lowest BCUT2D eigenvalue weighted by atomic mass is 10.0. The fourth-order valence-electron chi connectivity index (χ4n) is 1.83. The van der Waals surface area contributed by atoms with E-state index in [1.54, 1.807) is 0 Å². The third kappa shape index (κ3) is 5.85. The van der Waals surface area contributed by atoms with Gasteiger partial charge in [-0.2, -0.15) is 0 Å². The lowest BCUT2D eigenvalue weighted by molar-refractivity contribution is -0.139. The fraction of sp³-hybridized carbons (Fsp3) is 0.533. The first-order valence-corrected chi connectivity index (χ1v) is 6.69. The van der Waals surface area contributed by atoms with E-state index in [2.05, 4.69) is 10.1 Å². The number of benzene rings is 1. The average molecular weight is 265 g/mol. The van der Waals surface area contributed by atoms with Gasteiger partial charge in [-0.3, -0.25) is 4.79 Å². The Morgan fingerprint density at radius 2 is 2.05 bits per heavy atom. The summed E-state index contributed by atoms with van der Waals surface area (Å²) < 4.78 is 4.69. The molecule has 1 unspecified atom stereocenters. The number of ether oxygens (including phenoxy) is 1. The molecule has 1 aromatic rings. The van der Waals surface area contributed by atoms with Crippen LogP contribution in [0.4, 0.5) is 0 Å². The highest BCUT2D eigenvalue weighted by Gasteiger charge is 2.07.